The van der Waals surface area contributed by atoms with E-state index >= 15 is 0 Å². The molecule has 0 heterocycles. The van der Waals surface area contributed by atoms with Gasteiger partial charge in [-0.05, 0) is 50.2 Å². The summed E-state index contributed by atoms with van der Waals surface area (Å²) in [6.45, 7) is 3.97. The third-order valence-corrected chi connectivity index (χ3v) is 5.40. The summed E-state index contributed by atoms with van der Waals surface area (Å²) >= 11 is 0. The van der Waals surface area contributed by atoms with Crippen LogP contribution in [0.3, 0.4) is 0 Å². The minimum Gasteiger partial charge on any atom is -0.494 e. The zero-order chi connectivity index (χ0) is 18.4. The molecule has 1 N–H and O–H groups in total. The van der Waals surface area contributed by atoms with Gasteiger partial charge in [0.05, 0.1) is 17.2 Å². The fourth-order valence-electron chi connectivity index (χ4n) is 2.24. The van der Waals surface area contributed by atoms with Crippen molar-refractivity contribution in [3.8, 4) is 5.75 Å². The summed E-state index contributed by atoms with van der Waals surface area (Å²) in [7, 11) is -2.42. The van der Waals surface area contributed by atoms with Crippen LogP contribution in [0.5, 0.6) is 5.75 Å². The van der Waals surface area contributed by atoms with Crippen LogP contribution >= 0.6 is 0 Å². The molecule has 25 heavy (non-hydrogen) atoms. The summed E-state index contributed by atoms with van der Waals surface area (Å²) in [5.74, 6) is 0.199. The van der Waals surface area contributed by atoms with E-state index in [0.717, 1.165) is 9.87 Å². The number of benzene rings is 2. The summed E-state index contributed by atoms with van der Waals surface area (Å²) in [5.41, 5.74) is 1.44. The largest absolute Gasteiger partial charge is 0.494 e. The predicted molar refractivity (Wildman–Crippen MR) is 97.4 cm³/mol. The average Bonchev–Trinajstić information content (AvgIpc) is 2.61. The fraction of sp³-hybridized carbons (Fsp3) is 0.278. The van der Waals surface area contributed by atoms with Crippen molar-refractivity contribution in [2.45, 2.75) is 18.7 Å². The van der Waals surface area contributed by atoms with Gasteiger partial charge in [-0.15, -0.1) is 0 Å². The normalized spacial score (nSPS) is 11.0. The third-order valence-electron chi connectivity index (χ3n) is 3.61. The van der Waals surface area contributed by atoms with Crippen molar-refractivity contribution in [3.63, 3.8) is 0 Å². The molecule has 2 aromatic rings. The highest BCUT2D eigenvalue weighted by molar-refractivity contribution is 7.92. The second-order valence-corrected chi connectivity index (χ2v) is 7.29. The highest BCUT2D eigenvalue weighted by atomic mass is 32.2. The lowest BCUT2D eigenvalue weighted by molar-refractivity contribution is -0.119. The molecule has 0 aliphatic heterocycles. The Bertz CT molecular complexity index is 815. The van der Waals surface area contributed by atoms with E-state index in [2.05, 4.69) is 5.32 Å². The molecule has 2 aromatic carbocycles. The van der Waals surface area contributed by atoms with Crippen molar-refractivity contribution >= 4 is 21.6 Å². The van der Waals surface area contributed by atoms with Gasteiger partial charge in [-0.2, -0.15) is 0 Å². The van der Waals surface area contributed by atoms with Gasteiger partial charge >= 0.3 is 0 Å². The number of carbonyl (C=O) groups excluding carboxylic acids is 1. The van der Waals surface area contributed by atoms with E-state index in [0.29, 0.717) is 18.0 Å². The monoisotopic (exact) mass is 362 g/mol. The maximum atomic E-state index is 13.0. The minimum absolute atomic E-state index is 0.0976. The Morgan fingerprint density at radius 3 is 2.20 bits per heavy atom. The lowest BCUT2D eigenvalue weighted by Crippen LogP contribution is -2.39. The van der Waals surface area contributed by atoms with E-state index < -0.39 is 15.9 Å². The molecule has 0 saturated heterocycles. The molecule has 0 aromatic heterocycles. The molecule has 0 saturated carbocycles. The number of carbonyl (C=O) groups is 1. The van der Waals surface area contributed by atoms with E-state index in [-0.39, 0.29) is 11.4 Å². The van der Waals surface area contributed by atoms with Crippen LogP contribution < -0.4 is 14.4 Å². The van der Waals surface area contributed by atoms with Crippen LogP contribution in [-0.2, 0) is 14.8 Å². The molecule has 0 radical (unpaired) electrons. The van der Waals surface area contributed by atoms with Crippen molar-refractivity contribution in [1.29, 1.82) is 0 Å². The maximum Gasteiger partial charge on any atom is 0.264 e. The summed E-state index contributed by atoms with van der Waals surface area (Å²) in [6.07, 6.45) is 0. The highest BCUT2D eigenvalue weighted by Gasteiger charge is 2.26. The summed E-state index contributed by atoms with van der Waals surface area (Å²) < 4.78 is 32.5. The van der Waals surface area contributed by atoms with Crippen LogP contribution in [0.2, 0.25) is 0 Å². The van der Waals surface area contributed by atoms with Gasteiger partial charge < -0.3 is 10.1 Å². The van der Waals surface area contributed by atoms with Gasteiger partial charge in [0.1, 0.15) is 12.3 Å². The number of likely N-dealkylation sites (N-methyl/N-ethyl adjacent to an activating group) is 1. The Hall–Kier alpha value is -2.54. The number of sulfonamides is 1. The molecule has 134 valence electrons. The molecule has 0 unspecified atom stereocenters. The second-order valence-electron chi connectivity index (χ2n) is 5.42. The fourth-order valence-corrected chi connectivity index (χ4v) is 3.66. The van der Waals surface area contributed by atoms with E-state index in [1.165, 1.54) is 19.2 Å². The van der Waals surface area contributed by atoms with Gasteiger partial charge in [-0.1, -0.05) is 17.7 Å². The molecule has 6 nitrogen and oxygen atoms in total. The van der Waals surface area contributed by atoms with Crippen molar-refractivity contribution in [1.82, 2.24) is 5.32 Å². The van der Waals surface area contributed by atoms with Gasteiger partial charge in [0, 0.05) is 7.05 Å². The van der Waals surface area contributed by atoms with Crippen molar-refractivity contribution < 1.29 is 17.9 Å². The number of aryl methyl sites for hydroxylation is 1. The van der Waals surface area contributed by atoms with Crippen LogP contribution in [0, 0.1) is 6.92 Å². The predicted octanol–water partition coefficient (Wildman–Crippen LogP) is 2.34. The molecule has 0 aliphatic carbocycles. The Labute approximate surface area is 148 Å². The average molecular weight is 362 g/mol. The zero-order valence-electron chi connectivity index (χ0n) is 14.5. The molecule has 1 amide bonds. The zero-order valence-corrected chi connectivity index (χ0v) is 15.3. The van der Waals surface area contributed by atoms with Gasteiger partial charge in [0.25, 0.3) is 10.0 Å². The lowest BCUT2D eigenvalue weighted by atomic mass is 10.2. The van der Waals surface area contributed by atoms with Gasteiger partial charge in [0.15, 0.2) is 0 Å². The second kappa shape index (κ2) is 8.02. The minimum atomic E-state index is -3.89. The molecule has 0 atom stereocenters. The van der Waals surface area contributed by atoms with Crippen molar-refractivity contribution in [2.75, 3.05) is 24.5 Å². The summed E-state index contributed by atoms with van der Waals surface area (Å²) in [5, 5.41) is 2.46. The van der Waals surface area contributed by atoms with Crippen LogP contribution in [0.1, 0.15) is 12.5 Å². The first kappa shape index (κ1) is 18.8. The molecule has 7 heteroatoms. The molecule has 0 aliphatic rings. The Balaban J connectivity index is 2.43. The maximum absolute atomic E-state index is 13.0. The number of amides is 1. The number of hydrogen-bond acceptors (Lipinski definition) is 4. The van der Waals surface area contributed by atoms with Crippen LogP contribution in [0.15, 0.2) is 53.4 Å². The number of anilines is 1. The molecule has 0 spiro atoms. The number of nitrogens with one attached hydrogen (secondary N) is 1. The van der Waals surface area contributed by atoms with Crippen LogP contribution in [0.4, 0.5) is 5.69 Å². The molecular formula is C18H22N2O4S. The quantitative estimate of drug-likeness (QED) is 0.820. The highest BCUT2D eigenvalue weighted by Crippen LogP contribution is 2.25. The van der Waals surface area contributed by atoms with Crippen LogP contribution in [-0.4, -0.2) is 34.5 Å². The van der Waals surface area contributed by atoms with Gasteiger partial charge in [-0.3, -0.25) is 9.10 Å². The molecular weight excluding hydrogens is 340 g/mol. The first-order chi connectivity index (χ1) is 11.9. The number of rotatable bonds is 7. The van der Waals surface area contributed by atoms with E-state index in [1.54, 1.807) is 36.4 Å². The number of ether oxygens (including phenoxy) is 1. The standard InChI is InChI=1S/C18H22N2O4S/c1-4-24-16-9-11-17(12-10-16)25(22,23)20(13-18(21)19-3)15-7-5-14(2)6-8-15/h5-12H,4,13H2,1-3H3,(H,19,21). The van der Waals surface area contributed by atoms with E-state index in [1.807, 2.05) is 13.8 Å². The molecule has 0 fully saturated rings. The van der Waals surface area contributed by atoms with Crippen molar-refractivity contribution in [2.24, 2.45) is 0 Å². The molecule has 2 rings (SSSR count). The Morgan fingerprint density at radius 1 is 1.08 bits per heavy atom. The van der Waals surface area contributed by atoms with E-state index in [4.69, 9.17) is 4.74 Å². The van der Waals surface area contributed by atoms with E-state index in [9.17, 15) is 13.2 Å². The van der Waals surface area contributed by atoms with Gasteiger partial charge in [-0.25, -0.2) is 8.42 Å². The van der Waals surface area contributed by atoms with Crippen LogP contribution in [0.25, 0.3) is 0 Å². The summed E-state index contributed by atoms with van der Waals surface area (Å²) in [4.78, 5) is 11.9. The van der Waals surface area contributed by atoms with Gasteiger partial charge in [0.2, 0.25) is 5.91 Å². The summed E-state index contributed by atoms with van der Waals surface area (Å²) in [6, 6.07) is 13.1. The first-order valence-electron chi connectivity index (χ1n) is 7.91. The molecule has 0 bridgehead atoms. The smallest absolute Gasteiger partial charge is 0.264 e. The Morgan fingerprint density at radius 2 is 1.68 bits per heavy atom. The first-order valence-corrected chi connectivity index (χ1v) is 9.35. The topological polar surface area (TPSA) is 75.7 Å². The lowest BCUT2D eigenvalue weighted by Gasteiger charge is -2.24. The SMILES string of the molecule is CCOc1ccc(S(=O)(=O)N(CC(=O)NC)c2ccc(C)cc2)cc1. The number of nitrogens with zero attached hydrogens (tertiary/aromatic N) is 1. The van der Waals surface area contributed by atoms with Crippen molar-refractivity contribution in [3.05, 3.63) is 54.1 Å². The number of hydrogen-bond donors (Lipinski definition) is 1. The Kier molecular flexibility index (Phi) is 6.03. The third kappa shape index (κ3) is 4.51.